The number of para-hydroxylation sites is 4. The average Bonchev–Trinajstić information content (AvgIpc) is 2.65. The van der Waals surface area contributed by atoms with Gasteiger partial charge in [0.1, 0.15) is 17.2 Å². The number of amides is 1. The third-order valence-electron chi connectivity index (χ3n) is 3.54. The molecule has 0 aliphatic heterocycles. The summed E-state index contributed by atoms with van der Waals surface area (Å²) < 4.78 is 11.4. The minimum Gasteiger partial charge on any atom is -0.492 e. The van der Waals surface area contributed by atoms with E-state index in [2.05, 4.69) is 5.32 Å². The van der Waals surface area contributed by atoms with Crippen LogP contribution in [0.4, 0.5) is 5.69 Å². The number of anilines is 1. The van der Waals surface area contributed by atoms with Crippen LogP contribution in [0.5, 0.6) is 17.2 Å². The van der Waals surface area contributed by atoms with Gasteiger partial charge in [0.25, 0.3) is 5.91 Å². The van der Waals surface area contributed by atoms with Crippen LogP contribution in [-0.2, 0) is 0 Å². The number of ether oxygens (including phenoxy) is 2. The molecule has 0 bridgehead atoms. The number of carbonyl (C=O) groups is 1. The van der Waals surface area contributed by atoms with Crippen LogP contribution in [0.25, 0.3) is 0 Å². The Hall–Kier alpha value is -3.27. The number of rotatable bonds is 6. The first-order chi connectivity index (χ1) is 12.3. The van der Waals surface area contributed by atoms with E-state index in [-0.39, 0.29) is 5.91 Å². The SMILES string of the molecule is CCOc1ccccc1NC(=O)c1ccccc1Oc1ccccc1. The van der Waals surface area contributed by atoms with E-state index in [0.717, 1.165) is 0 Å². The number of carbonyl (C=O) groups excluding carboxylic acids is 1. The summed E-state index contributed by atoms with van der Waals surface area (Å²) in [7, 11) is 0. The molecule has 0 unspecified atom stereocenters. The van der Waals surface area contributed by atoms with Gasteiger partial charge in [-0.2, -0.15) is 0 Å². The number of hydrogen-bond donors (Lipinski definition) is 1. The number of nitrogens with one attached hydrogen (secondary N) is 1. The lowest BCUT2D eigenvalue weighted by molar-refractivity contribution is 0.102. The molecular weight excluding hydrogens is 314 g/mol. The number of benzene rings is 3. The first-order valence-electron chi connectivity index (χ1n) is 8.13. The maximum atomic E-state index is 12.7. The predicted octanol–water partition coefficient (Wildman–Crippen LogP) is 5.13. The fourth-order valence-corrected chi connectivity index (χ4v) is 2.40. The lowest BCUT2D eigenvalue weighted by Gasteiger charge is -2.13. The lowest BCUT2D eigenvalue weighted by atomic mass is 10.1. The normalized spacial score (nSPS) is 10.1. The van der Waals surface area contributed by atoms with Crippen LogP contribution in [-0.4, -0.2) is 12.5 Å². The Bertz CT molecular complexity index is 847. The second-order valence-corrected chi connectivity index (χ2v) is 5.29. The summed E-state index contributed by atoms with van der Waals surface area (Å²) in [5.41, 5.74) is 1.08. The largest absolute Gasteiger partial charge is 0.492 e. The third-order valence-corrected chi connectivity index (χ3v) is 3.54. The van der Waals surface area contributed by atoms with Gasteiger partial charge in [0.15, 0.2) is 0 Å². The third kappa shape index (κ3) is 4.18. The average molecular weight is 333 g/mol. The quantitative estimate of drug-likeness (QED) is 0.680. The molecule has 3 aromatic carbocycles. The van der Waals surface area contributed by atoms with Crippen molar-refractivity contribution in [2.75, 3.05) is 11.9 Å². The van der Waals surface area contributed by atoms with Gasteiger partial charge in [-0.1, -0.05) is 42.5 Å². The van der Waals surface area contributed by atoms with Gasteiger partial charge in [-0.25, -0.2) is 0 Å². The Morgan fingerprint density at radius 3 is 2.24 bits per heavy atom. The summed E-state index contributed by atoms with van der Waals surface area (Å²) in [5.74, 6) is 1.57. The molecule has 0 aromatic heterocycles. The summed E-state index contributed by atoms with van der Waals surface area (Å²) in [5, 5.41) is 2.89. The van der Waals surface area contributed by atoms with Crippen LogP contribution in [0.3, 0.4) is 0 Å². The van der Waals surface area contributed by atoms with Gasteiger partial charge in [0.05, 0.1) is 17.9 Å². The number of hydrogen-bond acceptors (Lipinski definition) is 3. The summed E-state index contributed by atoms with van der Waals surface area (Å²) in [4.78, 5) is 12.7. The van der Waals surface area contributed by atoms with Crippen LogP contribution < -0.4 is 14.8 Å². The molecule has 0 aliphatic carbocycles. The van der Waals surface area contributed by atoms with E-state index in [0.29, 0.717) is 35.1 Å². The van der Waals surface area contributed by atoms with Crippen molar-refractivity contribution in [2.45, 2.75) is 6.92 Å². The Morgan fingerprint density at radius 2 is 1.48 bits per heavy atom. The fraction of sp³-hybridized carbons (Fsp3) is 0.0952. The Kier molecular flexibility index (Phi) is 5.32. The van der Waals surface area contributed by atoms with Crippen molar-refractivity contribution in [3.63, 3.8) is 0 Å². The molecule has 0 aliphatic rings. The second-order valence-electron chi connectivity index (χ2n) is 5.29. The monoisotopic (exact) mass is 333 g/mol. The summed E-state index contributed by atoms with van der Waals surface area (Å²) >= 11 is 0. The zero-order valence-corrected chi connectivity index (χ0v) is 13.9. The molecule has 0 saturated carbocycles. The maximum Gasteiger partial charge on any atom is 0.259 e. The van der Waals surface area contributed by atoms with Crippen LogP contribution in [0.1, 0.15) is 17.3 Å². The molecule has 3 aromatic rings. The van der Waals surface area contributed by atoms with E-state index in [1.807, 2.05) is 67.6 Å². The van der Waals surface area contributed by atoms with Crippen LogP contribution in [0.2, 0.25) is 0 Å². The van der Waals surface area contributed by atoms with E-state index in [1.54, 1.807) is 18.2 Å². The molecule has 126 valence electrons. The van der Waals surface area contributed by atoms with Crippen molar-refractivity contribution in [3.05, 3.63) is 84.4 Å². The standard InChI is InChI=1S/C21H19NO3/c1-2-24-20-15-9-7-13-18(20)22-21(23)17-12-6-8-14-19(17)25-16-10-4-3-5-11-16/h3-15H,2H2,1H3,(H,22,23). The fourth-order valence-electron chi connectivity index (χ4n) is 2.40. The Balaban J connectivity index is 1.83. The molecular formula is C21H19NO3. The van der Waals surface area contributed by atoms with Crippen molar-refractivity contribution >= 4 is 11.6 Å². The second kappa shape index (κ2) is 8.02. The molecule has 4 heteroatoms. The summed E-state index contributed by atoms with van der Waals surface area (Å²) in [6, 6.07) is 23.9. The zero-order chi connectivity index (χ0) is 17.5. The van der Waals surface area contributed by atoms with Gasteiger partial charge < -0.3 is 14.8 Å². The van der Waals surface area contributed by atoms with Crippen molar-refractivity contribution in [1.82, 2.24) is 0 Å². The zero-order valence-electron chi connectivity index (χ0n) is 13.9. The highest BCUT2D eigenvalue weighted by molar-refractivity contribution is 6.06. The Morgan fingerprint density at radius 1 is 0.840 bits per heavy atom. The molecule has 1 N–H and O–H groups in total. The molecule has 0 atom stereocenters. The van der Waals surface area contributed by atoms with Crippen molar-refractivity contribution in [2.24, 2.45) is 0 Å². The molecule has 0 spiro atoms. The lowest BCUT2D eigenvalue weighted by Crippen LogP contribution is -2.14. The van der Waals surface area contributed by atoms with Crippen molar-refractivity contribution in [3.8, 4) is 17.2 Å². The van der Waals surface area contributed by atoms with Crippen molar-refractivity contribution < 1.29 is 14.3 Å². The Labute approximate surface area is 147 Å². The molecule has 4 nitrogen and oxygen atoms in total. The van der Waals surface area contributed by atoms with Crippen molar-refractivity contribution in [1.29, 1.82) is 0 Å². The van der Waals surface area contributed by atoms with E-state index in [4.69, 9.17) is 9.47 Å². The highest BCUT2D eigenvalue weighted by Crippen LogP contribution is 2.28. The molecule has 0 heterocycles. The van der Waals surface area contributed by atoms with E-state index < -0.39 is 0 Å². The molecule has 25 heavy (non-hydrogen) atoms. The first-order valence-corrected chi connectivity index (χ1v) is 8.13. The van der Waals surface area contributed by atoms with Crippen LogP contribution in [0.15, 0.2) is 78.9 Å². The van der Waals surface area contributed by atoms with Gasteiger partial charge in [-0.3, -0.25) is 4.79 Å². The van der Waals surface area contributed by atoms with Gasteiger partial charge in [0, 0.05) is 0 Å². The highest BCUT2D eigenvalue weighted by Gasteiger charge is 2.14. The maximum absolute atomic E-state index is 12.7. The molecule has 1 amide bonds. The molecule has 0 saturated heterocycles. The minimum atomic E-state index is -0.251. The van der Waals surface area contributed by atoms with E-state index >= 15 is 0 Å². The van der Waals surface area contributed by atoms with Crippen LogP contribution >= 0.6 is 0 Å². The van der Waals surface area contributed by atoms with E-state index in [1.165, 1.54) is 0 Å². The topological polar surface area (TPSA) is 47.6 Å². The first kappa shape index (κ1) is 16.6. The van der Waals surface area contributed by atoms with Crippen LogP contribution in [0, 0.1) is 0 Å². The van der Waals surface area contributed by atoms with Gasteiger partial charge in [-0.05, 0) is 43.3 Å². The smallest absolute Gasteiger partial charge is 0.259 e. The minimum absolute atomic E-state index is 0.251. The van der Waals surface area contributed by atoms with Gasteiger partial charge in [-0.15, -0.1) is 0 Å². The summed E-state index contributed by atoms with van der Waals surface area (Å²) in [6.45, 7) is 2.43. The van der Waals surface area contributed by atoms with Gasteiger partial charge >= 0.3 is 0 Å². The molecule has 0 radical (unpaired) electrons. The van der Waals surface area contributed by atoms with Gasteiger partial charge in [0.2, 0.25) is 0 Å². The predicted molar refractivity (Wildman–Crippen MR) is 98.5 cm³/mol. The van der Waals surface area contributed by atoms with E-state index in [9.17, 15) is 4.79 Å². The highest BCUT2D eigenvalue weighted by atomic mass is 16.5. The molecule has 0 fully saturated rings. The molecule has 3 rings (SSSR count). The summed E-state index contributed by atoms with van der Waals surface area (Å²) in [6.07, 6.45) is 0.